The van der Waals surface area contributed by atoms with Crippen LogP contribution < -0.4 is 10.1 Å². The van der Waals surface area contributed by atoms with Crippen LogP contribution in [0.5, 0.6) is 5.75 Å². The number of halogens is 2. The number of carboxylic acids is 1. The largest absolute Gasteiger partial charge is 0.487 e. The number of anilines is 1. The summed E-state index contributed by atoms with van der Waals surface area (Å²) in [6.45, 7) is 0.217. The third kappa shape index (κ3) is 4.63. The molecule has 0 spiro atoms. The molecule has 0 aliphatic rings. The van der Waals surface area contributed by atoms with Gasteiger partial charge < -0.3 is 15.2 Å². The number of amides is 1. The van der Waals surface area contributed by atoms with Crippen LogP contribution in [-0.2, 0) is 6.61 Å². The maximum Gasteiger partial charge on any atom is 0.337 e. The highest BCUT2D eigenvalue weighted by atomic mass is 35.5. The maximum atomic E-state index is 12.7. The molecule has 0 saturated carbocycles. The number of aromatic carboxylic acids is 1. The fourth-order valence-corrected chi connectivity index (χ4v) is 3.04. The van der Waals surface area contributed by atoms with Crippen molar-refractivity contribution in [2.24, 2.45) is 0 Å². The predicted molar refractivity (Wildman–Crippen MR) is 109 cm³/mol. The van der Waals surface area contributed by atoms with Crippen molar-refractivity contribution in [3.05, 3.63) is 93.5 Å². The number of ether oxygens (including phenoxy) is 1. The molecule has 0 bridgehead atoms. The van der Waals surface area contributed by atoms with Crippen LogP contribution in [0.4, 0.5) is 5.69 Å². The molecule has 3 aromatic rings. The molecule has 0 aliphatic carbocycles. The van der Waals surface area contributed by atoms with Crippen molar-refractivity contribution in [3.63, 3.8) is 0 Å². The number of benzene rings is 3. The summed E-state index contributed by atoms with van der Waals surface area (Å²) in [6.07, 6.45) is 0. The summed E-state index contributed by atoms with van der Waals surface area (Å²) in [6, 6.07) is 18.4. The summed E-state index contributed by atoms with van der Waals surface area (Å²) >= 11 is 11.9. The first-order valence-corrected chi connectivity index (χ1v) is 9.00. The molecule has 0 aliphatic heterocycles. The van der Waals surface area contributed by atoms with Gasteiger partial charge in [-0.2, -0.15) is 0 Å². The normalized spacial score (nSPS) is 10.4. The monoisotopic (exact) mass is 415 g/mol. The van der Waals surface area contributed by atoms with Crippen molar-refractivity contribution < 1.29 is 19.4 Å². The van der Waals surface area contributed by atoms with Gasteiger partial charge in [-0.1, -0.05) is 59.6 Å². The highest BCUT2D eigenvalue weighted by molar-refractivity contribution is 6.37. The fraction of sp³-hybridized carbons (Fsp3) is 0.0476. The van der Waals surface area contributed by atoms with E-state index in [1.165, 1.54) is 24.3 Å². The van der Waals surface area contributed by atoms with E-state index in [1.54, 1.807) is 12.1 Å². The van der Waals surface area contributed by atoms with Gasteiger partial charge in [-0.25, -0.2) is 4.79 Å². The SMILES string of the molecule is O=C(Nc1c(OCc2ccccc2)cccc1C(=O)O)c1ccc(Cl)cc1Cl. The smallest absolute Gasteiger partial charge is 0.337 e. The van der Waals surface area contributed by atoms with Crippen LogP contribution in [0.1, 0.15) is 26.3 Å². The lowest BCUT2D eigenvalue weighted by Gasteiger charge is -2.15. The molecule has 0 aromatic heterocycles. The number of para-hydroxylation sites is 1. The lowest BCUT2D eigenvalue weighted by Crippen LogP contribution is -2.16. The van der Waals surface area contributed by atoms with Crippen molar-refractivity contribution >= 4 is 40.8 Å². The second kappa shape index (κ2) is 8.78. The van der Waals surface area contributed by atoms with E-state index in [2.05, 4.69) is 5.32 Å². The van der Waals surface area contributed by atoms with Crippen molar-refractivity contribution in [3.8, 4) is 5.75 Å². The summed E-state index contributed by atoms with van der Waals surface area (Å²) < 4.78 is 5.77. The number of nitrogens with one attached hydrogen (secondary N) is 1. The second-order valence-corrected chi connectivity index (χ2v) is 6.68. The lowest BCUT2D eigenvalue weighted by atomic mass is 10.1. The van der Waals surface area contributed by atoms with Crippen LogP contribution >= 0.6 is 23.2 Å². The molecule has 0 unspecified atom stereocenters. The average Bonchev–Trinajstić information content (AvgIpc) is 2.67. The molecule has 2 N–H and O–H groups in total. The first kappa shape index (κ1) is 19.7. The van der Waals surface area contributed by atoms with E-state index in [1.807, 2.05) is 30.3 Å². The fourth-order valence-electron chi connectivity index (χ4n) is 2.55. The van der Waals surface area contributed by atoms with Gasteiger partial charge in [-0.15, -0.1) is 0 Å². The Hall–Kier alpha value is -3.02. The third-order valence-corrected chi connectivity index (χ3v) is 4.46. The van der Waals surface area contributed by atoms with Gasteiger partial charge in [0.15, 0.2) is 0 Å². The molecule has 7 heteroatoms. The van der Waals surface area contributed by atoms with E-state index >= 15 is 0 Å². The molecule has 3 aromatic carbocycles. The Balaban J connectivity index is 1.91. The topological polar surface area (TPSA) is 75.6 Å². The number of hydrogen-bond acceptors (Lipinski definition) is 3. The summed E-state index contributed by atoms with van der Waals surface area (Å²) in [7, 11) is 0. The number of carboxylic acid groups (broad SMARTS) is 1. The Labute approximate surface area is 171 Å². The summed E-state index contributed by atoms with van der Waals surface area (Å²) in [4.78, 5) is 24.3. The molecule has 142 valence electrons. The molecule has 5 nitrogen and oxygen atoms in total. The van der Waals surface area contributed by atoms with Gasteiger partial charge in [-0.05, 0) is 35.9 Å². The quantitative estimate of drug-likeness (QED) is 0.555. The molecule has 0 fully saturated rings. The molecule has 3 rings (SSSR count). The highest BCUT2D eigenvalue weighted by Crippen LogP contribution is 2.31. The Morgan fingerprint density at radius 3 is 2.36 bits per heavy atom. The van der Waals surface area contributed by atoms with Gasteiger partial charge in [0.1, 0.15) is 12.4 Å². The van der Waals surface area contributed by atoms with Gasteiger partial charge in [0.2, 0.25) is 0 Å². The van der Waals surface area contributed by atoms with Gasteiger partial charge in [0, 0.05) is 5.02 Å². The van der Waals surface area contributed by atoms with Crippen LogP contribution in [0.2, 0.25) is 10.0 Å². The zero-order valence-electron chi connectivity index (χ0n) is 14.5. The second-order valence-electron chi connectivity index (χ2n) is 5.84. The van der Waals surface area contributed by atoms with Crippen LogP contribution in [0.15, 0.2) is 66.7 Å². The van der Waals surface area contributed by atoms with Crippen LogP contribution in [0.3, 0.4) is 0 Å². The lowest BCUT2D eigenvalue weighted by molar-refractivity contribution is 0.0697. The van der Waals surface area contributed by atoms with Crippen LogP contribution in [0.25, 0.3) is 0 Å². The average molecular weight is 416 g/mol. The summed E-state index contributed by atoms with van der Waals surface area (Å²) in [5, 5.41) is 12.6. The number of rotatable bonds is 6. The Bertz CT molecular complexity index is 1020. The van der Waals surface area contributed by atoms with Crippen molar-refractivity contribution in [2.45, 2.75) is 6.61 Å². The molecule has 28 heavy (non-hydrogen) atoms. The van der Waals surface area contributed by atoms with Gasteiger partial charge in [-0.3, -0.25) is 4.79 Å². The van der Waals surface area contributed by atoms with E-state index < -0.39 is 11.9 Å². The first-order chi connectivity index (χ1) is 13.5. The Kier molecular flexibility index (Phi) is 6.19. The van der Waals surface area contributed by atoms with Crippen LogP contribution in [-0.4, -0.2) is 17.0 Å². The van der Waals surface area contributed by atoms with E-state index in [-0.39, 0.29) is 34.2 Å². The first-order valence-electron chi connectivity index (χ1n) is 8.25. The van der Waals surface area contributed by atoms with E-state index in [4.69, 9.17) is 27.9 Å². The molecule has 0 heterocycles. The van der Waals surface area contributed by atoms with Crippen molar-refractivity contribution in [1.29, 1.82) is 0 Å². The van der Waals surface area contributed by atoms with Crippen molar-refractivity contribution in [1.82, 2.24) is 0 Å². The summed E-state index contributed by atoms with van der Waals surface area (Å²) in [5.74, 6) is -1.52. The minimum absolute atomic E-state index is 0.0574. The number of carbonyl (C=O) groups excluding carboxylic acids is 1. The highest BCUT2D eigenvalue weighted by Gasteiger charge is 2.19. The molecule has 0 atom stereocenters. The molecule has 0 radical (unpaired) electrons. The van der Waals surface area contributed by atoms with E-state index in [9.17, 15) is 14.7 Å². The van der Waals surface area contributed by atoms with Gasteiger partial charge in [0.25, 0.3) is 5.91 Å². The van der Waals surface area contributed by atoms with Gasteiger partial charge in [0.05, 0.1) is 21.8 Å². The zero-order chi connectivity index (χ0) is 20.1. The summed E-state index contributed by atoms with van der Waals surface area (Å²) in [5.41, 5.74) is 1.03. The number of carbonyl (C=O) groups is 2. The van der Waals surface area contributed by atoms with Crippen LogP contribution in [0, 0.1) is 0 Å². The van der Waals surface area contributed by atoms with E-state index in [0.717, 1.165) is 5.56 Å². The molecule has 1 amide bonds. The Morgan fingerprint density at radius 1 is 0.929 bits per heavy atom. The standard InChI is InChI=1S/C21H15Cl2NO4/c22-14-9-10-15(17(23)11-14)20(25)24-19-16(21(26)27)7-4-8-18(19)28-12-13-5-2-1-3-6-13/h1-11H,12H2,(H,24,25)(H,26,27). The van der Waals surface area contributed by atoms with Gasteiger partial charge >= 0.3 is 5.97 Å². The molecular weight excluding hydrogens is 401 g/mol. The van der Waals surface area contributed by atoms with Crippen molar-refractivity contribution in [2.75, 3.05) is 5.32 Å². The number of hydrogen-bond donors (Lipinski definition) is 2. The minimum Gasteiger partial charge on any atom is -0.487 e. The molecule has 0 saturated heterocycles. The minimum atomic E-state index is -1.19. The molecular formula is C21H15Cl2NO4. The Morgan fingerprint density at radius 2 is 1.68 bits per heavy atom. The third-order valence-electron chi connectivity index (χ3n) is 3.91. The predicted octanol–water partition coefficient (Wildman–Crippen LogP) is 5.52. The zero-order valence-corrected chi connectivity index (χ0v) is 16.0. The maximum absolute atomic E-state index is 12.7. The van der Waals surface area contributed by atoms with E-state index in [0.29, 0.717) is 5.02 Å².